The molecule has 102 valence electrons. The second kappa shape index (κ2) is 5.05. The van der Waals surface area contributed by atoms with Crippen molar-refractivity contribution in [1.82, 2.24) is 8.96 Å². The Morgan fingerprint density at radius 3 is 2.42 bits per heavy atom. The van der Waals surface area contributed by atoms with Crippen molar-refractivity contribution in [2.75, 3.05) is 7.11 Å². The van der Waals surface area contributed by atoms with Gasteiger partial charge in [0.25, 0.3) is 10.0 Å². The average molecular weight is 280 g/mol. The van der Waals surface area contributed by atoms with E-state index in [4.69, 9.17) is 4.74 Å². The summed E-state index contributed by atoms with van der Waals surface area (Å²) in [6.45, 7) is 3.65. The van der Waals surface area contributed by atoms with Gasteiger partial charge in [-0.25, -0.2) is 17.4 Å². The van der Waals surface area contributed by atoms with Crippen LogP contribution in [-0.4, -0.2) is 24.5 Å². The number of rotatable bonds is 4. The van der Waals surface area contributed by atoms with Gasteiger partial charge >= 0.3 is 0 Å². The number of hydrogen-bond acceptors (Lipinski definition) is 4. The lowest BCUT2D eigenvalue weighted by atomic mass is 10.3. The molecule has 0 aliphatic rings. The van der Waals surface area contributed by atoms with E-state index in [-0.39, 0.29) is 4.90 Å². The minimum atomic E-state index is -3.59. The largest absolute Gasteiger partial charge is 0.497 e. The molecule has 0 atom stereocenters. The highest BCUT2D eigenvalue weighted by atomic mass is 32.2. The number of benzene rings is 1. The van der Waals surface area contributed by atoms with E-state index in [0.717, 1.165) is 0 Å². The van der Waals surface area contributed by atoms with E-state index in [0.29, 0.717) is 23.7 Å². The van der Waals surface area contributed by atoms with Gasteiger partial charge in [-0.3, -0.25) is 0 Å². The van der Waals surface area contributed by atoms with Crippen LogP contribution in [0, 0.1) is 6.92 Å². The Labute approximate surface area is 112 Å². The molecule has 1 aromatic carbocycles. The normalized spacial score (nSPS) is 11.5. The van der Waals surface area contributed by atoms with Crippen LogP contribution in [0.2, 0.25) is 0 Å². The summed E-state index contributed by atoms with van der Waals surface area (Å²) in [4.78, 5) is 4.44. The van der Waals surface area contributed by atoms with Crippen molar-refractivity contribution in [3.63, 3.8) is 0 Å². The van der Waals surface area contributed by atoms with E-state index in [2.05, 4.69) is 4.98 Å². The van der Waals surface area contributed by atoms with Crippen LogP contribution in [0.3, 0.4) is 0 Å². The Kier molecular flexibility index (Phi) is 3.61. The molecule has 1 aromatic heterocycles. The molecule has 19 heavy (non-hydrogen) atoms. The molecule has 0 aliphatic carbocycles. The summed E-state index contributed by atoms with van der Waals surface area (Å²) >= 11 is 0. The predicted octanol–water partition coefficient (Wildman–Crippen LogP) is 2.00. The Morgan fingerprint density at radius 2 is 1.89 bits per heavy atom. The summed E-state index contributed by atoms with van der Waals surface area (Å²) in [5.74, 6) is 1.16. The van der Waals surface area contributed by atoms with E-state index >= 15 is 0 Å². The van der Waals surface area contributed by atoms with Crippen LogP contribution < -0.4 is 4.74 Å². The first-order valence-electron chi connectivity index (χ1n) is 5.93. The molecule has 0 N–H and O–H groups in total. The van der Waals surface area contributed by atoms with Gasteiger partial charge in [-0.1, -0.05) is 6.92 Å². The fraction of sp³-hybridized carbons (Fsp3) is 0.308. The van der Waals surface area contributed by atoms with Gasteiger partial charge in [-0.2, -0.15) is 0 Å². The van der Waals surface area contributed by atoms with Gasteiger partial charge in [-0.05, 0) is 31.2 Å². The molecule has 5 nitrogen and oxygen atoms in total. The standard InChI is InChI=1S/C13H16N2O3S/c1-4-13-14-10(2)9-15(13)19(16,17)12-7-5-11(18-3)6-8-12/h5-9H,4H2,1-3H3. The first-order chi connectivity index (χ1) is 8.98. The Morgan fingerprint density at radius 1 is 1.26 bits per heavy atom. The quantitative estimate of drug-likeness (QED) is 0.859. The van der Waals surface area contributed by atoms with Gasteiger partial charge in [-0.15, -0.1) is 0 Å². The van der Waals surface area contributed by atoms with Crippen LogP contribution in [-0.2, 0) is 16.4 Å². The summed E-state index contributed by atoms with van der Waals surface area (Å²) in [5, 5.41) is 0. The third kappa shape index (κ3) is 2.49. The minimum absolute atomic E-state index is 0.223. The number of aromatic nitrogens is 2. The molecule has 0 unspecified atom stereocenters. The average Bonchev–Trinajstić information content (AvgIpc) is 2.81. The van der Waals surface area contributed by atoms with Crippen molar-refractivity contribution in [2.24, 2.45) is 0 Å². The van der Waals surface area contributed by atoms with Crippen molar-refractivity contribution in [1.29, 1.82) is 0 Å². The maximum absolute atomic E-state index is 12.5. The molecule has 0 saturated carbocycles. The molecule has 0 spiro atoms. The molecule has 2 aromatic rings. The van der Waals surface area contributed by atoms with Gasteiger partial charge in [0.05, 0.1) is 17.7 Å². The lowest BCUT2D eigenvalue weighted by molar-refractivity contribution is 0.414. The van der Waals surface area contributed by atoms with Crippen LogP contribution in [0.1, 0.15) is 18.4 Å². The van der Waals surface area contributed by atoms with Crippen molar-refractivity contribution in [2.45, 2.75) is 25.2 Å². The van der Waals surface area contributed by atoms with E-state index in [1.165, 1.54) is 23.2 Å². The smallest absolute Gasteiger partial charge is 0.269 e. The van der Waals surface area contributed by atoms with Gasteiger partial charge in [0.2, 0.25) is 0 Å². The third-order valence-corrected chi connectivity index (χ3v) is 4.50. The molecule has 1 heterocycles. The van der Waals surface area contributed by atoms with Crippen LogP contribution >= 0.6 is 0 Å². The van der Waals surface area contributed by atoms with E-state index in [1.54, 1.807) is 25.3 Å². The van der Waals surface area contributed by atoms with Crippen LogP contribution in [0.5, 0.6) is 5.75 Å². The summed E-state index contributed by atoms with van der Waals surface area (Å²) < 4.78 is 31.3. The monoisotopic (exact) mass is 280 g/mol. The van der Waals surface area contributed by atoms with E-state index in [1.807, 2.05) is 6.92 Å². The molecule has 0 amide bonds. The topological polar surface area (TPSA) is 61.2 Å². The highest BCUT2D eigenvalue weighted by molar-refractivity contribution is 7.90. The van der Waals surface area contributed by atoms with E-state index < -0.39 is 10.0 Å². The fourth-order valence-electron chi connectivity index (χ4n) is 1.83. The lowest BCUT2D eigenvalue weighted by Crippen LogP contribution is -2.15. The highest BCUT2D eigenvalue weighted by Gasteiger charge is 2.20. The van der Waals surface area contributed by atoms with E-state index in [9.17, 15) is 8.42 Å². The SMILES string of the molecule is CCc1nc(C)cn1S(=O)(=O)c1ccc(OC)cc1. The molecule has 0 radical (unpaired) electrons. The first kappa shape index (κ1) is 13.6. The fourth-order valence-corrected chi connectivity index (χ4v) is 3.28. The van der Waals surface area contributed by atoms with Crippen LogP contribution in [0.25, 0.3) is 0 Å². The summed E-state index contributed by atoms with van der Waals surface area (Å²) in [5.41, 5.74) is 0.689. The van der Waals surface area contributed by atoms with Crippen molar-refractivity contribution >= 4 is 10.0 Å². The van der Waals surface area contributed by atoms with Gasteiger partial charge < -0.3 is 4.74 Å². The Balaban J connectivity index is 2.51. The Bertz CT molecular complexity index is 672. The zero-order chi connectivity index (χ0) is 14.0. The van der Waals surface area contributed by atoms with Crippen LogP contribution in [0.15, 0.2) is 35.4 Å². The summed E-state index contributed by atoms with van der Waals surface area (Å²) in [7, 11) is -2.05. The Hall–Kier alpha value is -1.82. The molecular formula is C13H16N2O3S. The second-order valence-corrected chi connectivity index (χ2v) is 5.94. The molecule has 0 fully saturated rings. The number of methoxy groups -OCH3 is 1. The van der Waals surface area contributed by atoms with Crippen LogP contribution in [0.4, 0.5) is 0 Å². The predicted molar refractivity (Wildman–Crippen MR) is 71.9 cm³/mol. The third-order valence-electron chi connectivity index (χ3n) is 2.80. The zero-order valence-corrected chi connectivity index (χ0v) is 11.9. The van der Waals surface area contributed by atoms with Crippen molar-refractivity contribution in [3.8, 4) is 5.75 Å². The number of nitrogens with zero attached hydrogens (tertiary/aromatic N) is 2. The van der Waals surface area contributed by atoms with Gasteiger partial charge in [0.15, 0.2) is 0 Å². The molecule has 2 rings (SSSR count). The molecule has 0 bridgehead atoms. The highest BCUT2D eigenvalue weighted by Crippen LogP contribution is 2.20. The maximum atomic E-state index is 12.5. The molecule has 0 aliphatic heterocycles. The lowest BCUT2D eigenvalue weighted by Gasteiger charge is -2.08. The van der Waals surface area contributed by atoms with Crippen molar-refractivity contribution < 1.29 is 13.2 Å². The molecular weight excluding hydrogens is 264 g/mol. The summed E-state index contributed by atoms with van der Waals surface area (Å²) in [6.07, 6.45) is 2.10. The number of ether oxygens (including phenoxy) is 1. The van der Waals surface area contributed by atoms with Gasteiger partial charge in [0, 0.05) is 12.6 Å². The van der Waals surface area contributed by atoms with Crippen molar-refractivity contribution in [3.05, 3.63) is 42.0 Å². The first-order valence-corrected chi connectivity index (χ1v) is 7.37. The number of aryl methyl sites for hydroxylation is 2. The number of hydrogen-bond donors (Lipinski definition) is 0. The van der Waals surface area contributed by atoms with Gasteiger partial charge in [0.1, 0.15) is 11.6 Å². The second-order valence-electron chi connectivity index (χ2n) is 4.13. The zero-order valence-electron chi connectivity index (χ0n) is 11.1. The minimum Gasteiger partial charge on any atom is -0.497 e. The summed E-state index contributed by atoms with van der Waals surface area (Å²) in [6, 6.07) is 6.32. The molecule has 6 heteroatoms. The maximum Gasteiger partial charge on any atom is 0.269 e. The molecule has 0 saturated heterocycles. The number of imidazole rings is 1.